The average Bonchev–Trinajstić information content (AvgIpc) is 3.36. The molecule has 40 heavy (non-hydrogen) atoms. The number of hydrogen-bond donors (Lipinski definition) is 2. The van der Waals surface area contributed by atoms with Crippen molar-refractivity contribution in [3.05, 3.63) is 89.5 Å². The Bertz CT molecular complexity index is 1290. The van der Waals surface area contributed by atoms with E-state index in [0.29, 0.717) is 30.9 Å². The van der Waals surface area contributed by atoms with Crippen molar-refractivity contribution in [2.24, 2.45) is 0 Å². The van der Waals surface area contributed by atoms with Crippen molar-refractivity contribution in [3.63, 3.8) is 0 Å². The third kappa shape index (κ3) is 7.65. The summed E-state index contributed by atoms with van der Waals surface area (Å²) in [4.78, 5) is 27.6. The number of ether oxygens (including phenoxy) is 2. The predicted molar refractivity (Wildman–Crippen MR) is 160 cm³/mol. The number of carboxylic acids is 1. The van der Waals surface area contributed by atoms with Crippen molar-refractivity contribution in [1.82, 2.24) is 10.2 Å². The number of nitrogens with zero attached hydrogens (tertiary/aromatic N) is 1. The van der Waals surface area contributed by atoms with Gasteiger partial charge in [-0.05, 0) is 78.3 Å². The largest absolute Gasteiger partial charge is 0.492 e. The number of carbonyl (C=O) groups excluding carboxylic acids is 1. The number of rotatable bonds is 13. The van der Waals surface area contributed by atoms with Crippen molar-refractivity contribution in [1.29, 1.82) is 0 Å². The summed E-state index contributed by atoms with van der Waals surface area (Å²) >= 11 is 1.56. The van der Waals surface area contributed by atoms with Gasteiger partial charge in [0.25, 0.3) is 5.91 Å². The Kier molecular flexibility index (Phi) is 10.6. The standard InChI is InChI=1S/C32H38N2O5S/c1-22-9-7-8-12-27(22)29-17-23(13-14-28(29)31(35)33-30(32(36)37)15-16-40-3)19-34-20-26(38-2)18-24(34)21-39-25-10-5-4-6-11-25/h4-14,17,24,26,30H,15-16,18-21H2,1-3H3,(H,33,35)(H,36,37)/t24-,26+,30+/m1/s1. The lowest BCUT2D eigenvalue weighted by molar-refractivity contribution is -0.139. The smallest absolute Gasteiger partial charge is 0.326 e. The van der Waals surface area contributed by atoms with Gasteiger partial charge in [-0.1, -0.05) is 48.5 Å². The van der Waals surface area contributed by atoms with E-state index < -0.39 is 12.0 Å². The highest BCUT2D eigenvalue weighted by atomic mass is 32.2. The van der Waals surface area contributed by atoms with Gasteiger partial charge in [0.05, 0.1) is 6.10 Å². The van der Waals surface area contributed by atoms with Gasteiger partial charge < -0.3 is 19.9 Å². The zero-order valence-electron chi connectivity index (χ0n) is 23.3. The summed E-state index contributed by atoms with van der Waals surface area (Å²) in [5, 5.41) is 12.4. The second-order valence-corrected chi connectivity index (χ2v) is 11.1. The number of likely N-dealkylation sites (tertiary alicyclic amines) is 1. The van der Waals surface area contributed by atoms with Crippen molar-refractivity contribution in [2.45, 2.75) is 44.5 Å². The van der Waals surface area contributed by atoms with Crippen molar-refractivity contribution < 1.29 is 24.2 Å². The average molecular weight is 563 g/mol. The molecule has 0 bridgehead atoms. The van der Waals surface area contributed by atoms with Crippen LogP contribution >= 0.6 is 11.8 Å². The van der Waals surface area contributed by atoms with E-state index in [-0.39, 0.29) is 18.1 Å². The Morgan fingerprint density at radius 3 is 2.52 bits per heavy atom. The third-order valence-corrected chi connectivity index (χ3v) is 8.02. The second kappa shape index (κ2) is 14.3. The number of aliphatic carboxylic acids is 1. The molecule has 3 aromatic carbocycles. The molecule has 212 valence electrons. The van der Waals surface area contributed by atoms with Crippen LogP contribution in [-0.2, 0) is 16.1 Å². The number of benzene rings is 3. The first kappa shape index (κ1) is 29.6. The lowest BCUT2D eigenvalue weighted by Crippen LogP contribution is -2.41. The first-order valence-corrected chi connectivity index (χ1v) is 14.9. The van der Waals surface area contributed by atoms with Crippen molar-refractivity contribution in [2.75, 3.05) is 32.3 Å². The molecule has 3 atom stereocenters. The zero-order valence-corrected chi connectivity index (χ0v) is 24.2. The van der Waals surface area contributed by atoms with E-state index in [0.717, 1.165) is 41.0 Å². The summed E-state index contributed by atoms with van der Waals surface area (Å²) in [6.07, 6.45) is 3.28. The van der Waals surface area contributed by atoms with Crippen LogP contribution < -0.4 is 10.1 Å². The molecule has 0 unspecified atom stereocenters. The highest BCUT2D eigenvalue weighted by Crippen LogP contribution is 2.30. The number of carboxylic acid groups (broad SMARTS) is 1. The summed E-state index contributed by atoms with van der Waals surface area (Å²) in [6, 6.07) is 22.8. The van der Waals surface area contributed by atoms with Gasteiger partial charge in [-0.2, -0.15) is 11.8 Å². The third-order valence-electron chi connectivity index (χ3n) is 7.37. The minimum absolute atomic E-state index is 0.125. The SMILES string of the molecule is CO[C@H]1C[C@H](COc2ccccc2)N(Cc2ccc(C(=O)N[C@@H](CCSC)C(=O)O)c(-c3ccccc3C)c2)C1. The number of aryl methyl sites for hydroxylation is 1. The molecule has 8 heteroatoms. The van der Waals surface area contributed by atoms with E-state index in [2.05, 4.69) is 16.3 Å². The molecule has 3 aromatic rings. The quantitative estimate of drug-likeness (QED) is 0.294. The number of amides is 1. The number of carbonyl (C=O) groups is 2. The van der Waals surface area contributed by atoms with Crippen LogP contribution in [0.5, 0.6) is 5.75 Å². The maximum Gasteiger partial charge on any atom is 0.326 e. The molecule has 0 spiro atoms. The molecule has 0 aliphatic carbocycles. The summed E-state index contributed by atoms with van der Waals surface area (Å²) in [5.74, 6) is 0.0848. The fourth-order valence-electron chi connectivity index (χ4n) is 5.13. The molecular weight excluding hydrogens is 524 g/mol. The van der Waals surface area contributed by atoms with Crippen molar-refractivity contribution >= 4 is 23.6 Å². The molecule has 7 nitrogen and oxygen atoms in total. The Balaban J connectivity index is 1.59. The number of para-hydroxylation sites is 1. The zero-order chi connectivity index (χ0) is 28.5. The predicted octanol–water partition coefficient (Wildman–Crippen LogP) is 5.27. The molecule has 1 saturated heterocycles. The highest BCUT2D eigenvalue weighted by Gasteiger charge is 2.33. The molecule has 1 aliphatic heterocycles. The monoisotopic (exact) mass is 562 g/mol. The first-order chi connectivity index (χ1) is 19.4. The number of nitrogens with one attached hydrogen (secondary N) is 1. The van der Waals surface area contributed by atoms with E-state index >= 15 is 0 Å². The maximum atomic E-state index is 13.4. The van der Waals surface area contributed by atoms with Crippen LogP contribution in [0.1, 0.15) is 34.3 Å². The van der Waals surface area contributed by atoms with Crippen molar-refractivity contribution in [3.8, 4) is 16.9 Å². The molecule has 1 amide bonds. The van der Waals surface area contributed by atoms with Crippen LogP contribution in [0.2, 0.25) is 0 Å². The topological polar surface area (TPSA) is 88.1 Å². The van der Waals surface area contributed by atoms with Gasteiger partial charge >= 0.3 is 5.97 Å². The maximum absolute atomic E-state index is 13.4. The van der Waals surface area contributed by atoms with Crippen LogP contribution in [0, 0.1) is 6.92 Å². The van der Waals surface area contributed by atoms with Gasteiger partial charge in [0.2, 0.25) is 0 Å². The Hall–Kier alpha value is -3.33. The van der Waals surface area contributed by atoms with Gasteiger partial charge in [0.1, 0.15) is 18.4 Å². The summed E-state index contributed by atoms with van der Waals surface area (Å²) in [6.45, 7) is 4.04. The minimum Gasteiger partial charge on any atom is -0.492 e. The molecule has 0 saturated carbocycles. The number of thioether (sulfide) groups is 1. The lowest BCUT2D eigenvalue weighted by Gasteiger charge is -2.25. The van der Waals surface area contributed by atoms with Gasteiger partial charge in [-0.25, -0.2) is 4.79 Å². The molecule has 4 rings (SSSR count). The molecule has 1 aliphatic rings. The Morgan fingerprint density at radius 2 is 1.82 bits per heavy atom. The molecule has 0 aromatic heterocycles. The summed E-state index contributed by atoms with van der Waals surface area (Å²) in [5.41, 5.74) is 4.31. The summed E-state index contributed by atoms with van der Waals surface area (Å²) < 4.78 is 11.8. The first-order valence-electron chi connectivity index (χ1n) is 13.6. The number of hydrogen-bond acceptors (Lipinski definition) is 6. The highest BCUT2D eigenvalue weighted by molar-refractivity contribution is 7.98. The number of methoxy groups -OCH3 is 1. The fraction of sp³-hybridized carbons (Fsp3) is 0.375. The van der Waals surface area contributed by atoms with Crippen LogP contribution in [0.4, 0.5) is 0 Å². The normalized spacial score (nSPS) is 17.9. The fourth-order valence-corrected chi connectivity index (χ4v) is 5.61. The van der Waals surface area contributed by atoms with Crippen LogP contribution in [0.3, 0.4) is 0 Å². The van der Waals surface area contributed by atoms with Crippen LogP contribution in [0.15, 0.2) is 72.8 Å². The molecular formula is C32H38N2O5S. The Labute approximate surface area is 240 Å². The van der Waals surface area contributed by atoms with Gasteiger partial charge in [-0.3, -0.25) is 9.69 Å². The lowest BCUT2D eigenvalue weighted by atomic mass is 9.93. The van der Waals surface area contributed by atoms with Gasteiger partial charge in [0, 0.05) is 31.8 Å². The van der Waals surface area contributed by atoms with Gasteiger partial charge in [0.15, 0.2) is 0 Å². The van der Waals surface area contributed by atoms with Crippen LogP contribution in [-0.4, -0.2) is 72.3 Å². The van der Waals surface area contributed by atoms with Crippen LogP contribution in [0.25, 0.3) is 11.1 Å². The minimum atomic E-state index is -1.03. The van der Waals surface area contributed by atoms with E-state index in [9.17, 15) is 14.7 Å². The van der Waals surface area contributed by atoms with E-state index in [4.69, 9.17) is 9.47 Å². The second-order valence-electron chi connectivity index (χ2n) is 10.1. The molecule has 1 heterocycles. The molecule has 1 fully saturated rings. The Morgan fingerprint density at radius 1 is 1.07 bits per heavy atom. The van der Waals surface area contributed by atoms with E-state index in [1.165, 1.54) is 0 Å². The molecule has 2 N–H and O–H groups in total. The van der Waals surface area contributed by atoms with E-state index in [1.54, 1.807) is 18.9 Å². The van der Waals surface area contributed by atoms with E-state index in [1.807, 2.05) is 79.9 Å². The molecule has 0 radical (unpaired) electrons. The summed E-state index contributed by atoms with van der Waals surface area (Å²) in [7, 11) is 1.75. The van der Waals surface area contributed by atoms with Gasteiger partial charge in [-0.15, -0.1) is 0 Å².